The second-order valence-electron chi connectivity index (χ2n) is 4.44. The molecule has 0 spiro atoms. The Bertz CT molecular complexity index is 594. The van der Waals surface area contributed by atoms with Crippen LogP contribution in [0.3, 0.4) is 0 Å². The molecule has 1 N–H and O–H groups in total. The van der Waals surface area contributed by atoms with Crippen molar-refractivity contribution < 1.29 is 9.47 Å². The van der Waals surface area contributed by atoms with Crippen LogP contribution in [0.25, 0.3) is 21.8 Å². The molecule has 3 heteroatoms. The highest BCUT2D eigenvalue weighted by Crippen LogP contribution is 2.24. The van der Waals surface area contributed by atoms with E-state index in [0.29, 0.717) is 0 Å². The molecule has 1 aromatic heterocycles. The van der Waals surface area contributed by atoms with Gasteiger partial charge in [0.2, 0.25) is 0 Å². The summed E-state index contributed by atoms with van der Waals surface area (Å²) in [5.74, 6) is 0. The molecule has 3 nitrogen and oxygen atoms in total. The van der Waals surface area contributed by atoms with Gasteiger partial charge in [0.25, 0.3) is 0 Å². The average Bonchev–Trinajstić information content (AvgIpc) is 2.88. The number of hydrogen-bond donors (Lipinski definition) is 1. The molecule has 1 aliphatic heterocycles. The van der Waals surface area contributed by atoms with Crippen LogP contribution in [-0.4, -0.2) is 31.4 Å². The number of hydrogen-bond acceptors (Lipinski definition) is 2. The van der Waals surface area contributed by atoms with Crippen LogP contribution in [0.4, 0.5) is 0 Å². The van der Waals surface area contributed by atoms with Gasteiger partial charge in [-0.1, -0.05) is 36.4 Å². The maximum atomic E-state index is 4.94. The van der Waals surface area contributed by atoms with Crippen molar-refractivity contribution in [2.24, 2.45) is 0 Å². The third kappa shape index (κ3) is 2.78. The maximum Gasteiger partial charge on any atom is 0.0701 e. The summed E-state index contributed by atoms with van der Waals surface area (Å²) in [6.45, 7) is 3.11. The summed E-state index contributed by atoms with van der Waals surface area (Å²) in [5, 5.41) is 2.61. The number of H-pyrrole nitrogens is 1. The van der Waals surface area contributed by atoms with Gasteiger partial charge in [-0.25, -0.2) is 0 Å². The fraction of sp³-hybridized carbons (Fsp3) is 0.250. The van der Waals surface area contributed by atoms with E-state index in [0.717, 1.165) is 26.4 Å². The molecule has 0 saturated carbocycles. The van der Waals surface area contributed by atoms with E-state index in [9.17, 15) is 0 Å². The Morgan fingerprint density at radius 1 is 0.632 bits per heavy atom. The molecule has 4 rings (SSSR count). The SMILES string of the molecule is C1COCCO1.c1ccc2c(c1)[nH]c1ccccc12. The van der Waals surface area contributed by atoms with Crippen LogP contribution in [0.2, 0.25) is 0 Å². The van der Waals surface area contributed by atoms with Crippen LogP contribution in [0.15, 0.2) is 48.5 Å². The Kier molecular flexibility index (Phi) is 3.77. The zero-order valence-corrected chi connectivity index (χ0v) is 10.8. The van der Waals surface area contributed by atoms with E-state index < -0.39 is 0 Å². The summed E-state index contributed by atoms with van der Waals surface area (Å²) in [7, 11) is 0. The highest BCUT2D eigenvalue weighted by molar-refractivity contribution is 6.06. The lowest BCUT2D eigenvalue weighted by molar-refractivity contribution is -0.0334. The fourth-order valence-electron chi connectivity index (χ4n) is 2.24. The average molecular weight is 255 g/mol. The molecular weight excluding hydrogens is 238 g/mol. The number of aromatic amines is 1. The van der Waals surface area contributed by atoms with Crippen molar-refractivity contribution in [1.29, 1.82) is 0 Å². The number of rotatable bonds is 0. The molecule has 0 amide bonds. The minimum Gasteiger partial charge on any atom is -0.377 e. The fourth-order valence-corrected chi connectivity index (χ4v) is 2.24. The lowest BCUT2D eigenvalue weighted by atomic mass is 10.2. The summed E-state index contributed by atoms with van der Waals surface area (Å²) in [6.07, 6.45) is 0. The van der Waals surface area contributed by atoms with Crippen molar-refractivity contribution in [1.82, 2.24) is 4.98 Å². The molecule has 0 unspecified atom stereocenters. The normalized spacial score (nSPS) is 15.2. The Labute approximate surface area is 112 Å². The van der Waals surface area contributed by atoms with E-state index in [-0.39, 0.29) is 0 Å². The molecule has 0 radical (unpaired) electrons. The summed E-state index contributed by atoms with van der Waals surface area (Å²) >= 11 is 0. The van der Waals surface area contributed by atoms with E-state index in [2.05, 4.69) is 53.5 Å². The third-order valence-corrected chi connectivity index (χ3v) is 3.16. The van der Waals surface area contributed by atoms with Crippen LogP contribution >= 0.6 is 0 Å². The lowest BCUT2D eigenvalue weighted by Crippen LogP contribution is -2.16. The minimum atomic E-state index is 0.778. The van der Waals surface area contributed by atoms with Crippen molar-refractivity contribution in [3.63, 3.8) is 0 Å². The van der Waals surface area contributed by atoms with Gasteiger partial charge in [0.1, 0.15) is 0 Å². The lowest BCUT2D eigenvalue weighted by Gasteiger charge is -2.09. The van der Waals surface area contributed by atoms with Gasteiger partial charge in [-0.15, -0.1) is 0 Å². The number of para-hydroxylation sites is 2. The van der Waals surface area contributed by atoms with Crippen molar-refractivity contribution in [3.05, 3.63) is 48.5 Å². The summed E-state index contributed by atoms with van der Waals surface area (Å²) < 4.78 is 9.89. The van der Waals surface area contributed by atoms with Gasteiger partial charge < -0.3 is 14.5 Å². The van der Waals surface area contributed by atoms with Crippen LogP contribution in [0, 0.1) is 0 Å². The van der Waals surface area contributed by atoms with Crippen molar-refractivity contribution in [2.75, 3.05) is 26.4 Å². The molecule has 2 heterocycles. The molecule has 0 bridgehead atoms. The standard InChI is InChI=1S/C12H9N.C4H8O2/c1-3-7-11-9(5-1)10-6-2-4-8-12(10)13-11;1-2-6-4-3-5-1/h1-8,13H;1-4H2. The van der Waals surface area contributed by atoms with E-state index in [1.54, 1.807) is 0 Å². The van der Waals surface area contributed by atoms with E-state index in [4.69, 9.17) is 9.47 Å². The first-order valence-corrected chi connectivity index (χ1v) is 6.56. The van der Waals surface area contributed by atoms with Crippen molar-refractivity contribution >= 4 is 21.8 Å². The summed E-state index contributed by atoms with van der Waals surface area (Å²) in [4.78, 5) is 3.38. The van der Waals surface area contributed by atoms with Gasteiger partial charge in [-0.3, -0.25) is 0 Å². The molecule has 1 aliphatic rings. The number of fused-ring (bicyclic) bond motifs is 3. The van der Waals surface area contributed by atoms with E-state index in [1.807, 2.05) is 0 Å². The highest BCUT2D eigenvalue weighted by Gasteiger charge is 2.00. The Hall–Kier alpha value is -1.84. The molecule has 1 saturated heterocycles. The predicted molar refractivity (Wildman–Crippen MR) is 77.4 cm³/mol. The molecule has 98 valence electrons. The number of aromatic nitrogens is 1. The first kappa shape index (κ1) is 12.2. The molecule has 0 atom stereocenters. The molecule has 0 aliphatic carbocycles. The van der Waals surface area contributed by atoms with Crippen LogP contribution in [0.1, 0.15) is 0 Å². The number of ether oxygens (including phenoxy) is 2. The largest absolute Gasteiger partial charge is 0.377 e. The molecule has 2 aromatic carbocycles. The Morgan fingerprint density at radius 3 is 1.47 bits per heavy atom. The number of benzene rings is 2. The Morgan fingerprint density at radius 2 is 1.05 bits per heavy atom. The Balaban J connectivity index is 0.000000155. The second kappa shape index (κ2) is 5.87. The monoisotopic (exact) mass is 255 g/mol. The number of nitrogens with one attached hydrogen (secondary N) is 1. The summed E-state index contributed by atoms with van der Waals surface area (Å²) in [5.41, 5.74) is 2.42. The molecule has 1 fully saturated rings. The van der Waals surface area contributed by atoms with Gasteiger partial charge in [-0.05, 0) is 12.1 Å². The van der Waals surface area contributed by atoms with Crippen LogP contribution in [-0.2, 0) is 9.47 Å². The van der Waals surface area contributed by atoms with Crippen molar-refractivity contribution in [3.8, 4) is 0 Å². The van der Waals surface area contributed by atoms with E-state index in [1.165, 1.54) is 21.8 Å². The molecule has 3 aromatic rings. The van der Waals surface area contributed by atoms with Gasteiger partial charge in [0, 0.05) is 21.8 Å². The first-order chi connectivity index (χ1) is 9.45. The smallest absolute Gasteiger partial charge is 0.0701 e. The second-order valence-corrected chi connectivity index (χ2v) is 4.44. The van der Waals surface area contributed by atoms with Gasteiger partial charge >= 0.3 is 0 Å². The van der Waals surface area contributed by atoms with Crippen LogP contribution in [0.5, 0.6) is 0 Å². The zero-order valence-electron chi connectivity index (χ0n) is 10.8. The van der Waals surface area contributed by atoms with Crippen molar-refractivity contribution in [2.45, 2.75) is 0 Å². The summed E-state index contributed by atoms with van der Waals surface area (Å²) in [6, 6.07) is 16.8. The van der Waals surface area contributed by atoms with Crippen LogP contribution < -0.4 is 0 Å². The predicted octanol–water partition coefficient (Wildman–Crippen LogP) is 3.35. The zero-order chi connectivity index (χ0) is 12.9. The van der Waals surface area contributed by atoms with Gasteiger partial charge in [0.05, 0.1) is 26.4 Å². The first-order valence-electron chi connectivity index (χ1n) is 6.56. The quantitative estimate of drug-likeness (QED) is 0.668. The molecule has 19 heavy (non-hydrogen) atoms. The van der Waals surface area contributed by atoms with Gasteiger partial charge in [0.15, 0.2) is 0 Å². The minimum absolute atomic E-state index is 0.778. The van der Waals surface area contributed by atoms with Gasteiger partial charge in [-0.2, -0.15) is 0 Å². The molecular formula is C16H17NO2. The maximum absolute atomic E-state index is 4.94. The van der Waals surface area contributed by atoms with E-state index >= 15 is 0 Å². The third-order valence-electron chi connectivity index (χ3n) is 3.16. The highest BCUT2D eigenvalue weighted by atomic mass is 16.6. The topological polar surface area (TPSA) is 34.2 Å².